The van der Waals surface area contributed by atoms with Gasteiger partial charge in [-0.25, -0.2) is 4.39 Å². The van der Waals surface area contributed by atoms with Gasteiger partial charge in [-0.3, -0.25) is 4.98 Å². The van der Waals surface area contributed by atoms with Crippen LogP contribution in [0.5, 0.6) is 0 Å². The minimum absolute atomic E-state index is 0.350. The van der Waals surface area contributed by atoms with Crippen LogP contribution < -0.4 is 5.73 Å². The van der Waals surface area contributed by atoms with Gasteiger partial charge < -0.3 is 5.73 Å². The van der Waals surface area contributed by atoms with Gasteiger partial charge in [0.1, 0.15) is 5.82 Å². The van der Waals surface area contributed by atoms with Crippen LogP contribution in [-0.4, -0.2) is 4.98 Å². The van der Waals surface area contributed by atoms with Gasteiger partial charge in [0.2, 0.25) is 0 Å². The second-order valence-corrected chi connectivity index (χ2v) is 4.90. The molecule has 17 heavy (non-hydrogen) atoms. The molecule has 0 bridgehead atoms. The van der Waals surface area contributed by atoms with Gasteiger partial charge in [-0.2, -0.15) is 0 Å². The molecule has 0 aliphatic carbocycles. The van der Waals surface area contributed by atoms with Crippen LogP contribution >= 0.6 is 27.5 Å². The minimum atomic E-state index is -0.607. The summed E-state index contributed by atoms with van der Waals surface area (Å²) in [6, 6.07) is 7.41. The molecule has 1 heterocycles. The zero-order chi connectivity index (χ0) is 12.4. The number of hydrogen-bond donors (Lipinski definition) is 1. The lowest BCUT2D eigenvalue weighted by Gasteiger charge is -2.12. The molecule has 1 unspecified atom stereocenters. The van der Waals surface area contributed by atoms with Crippen LogP contribution in [0.4, 0.5) is 4.39 Å². The van der Waals surface area contributed by atoms with Gasteiger partial charge in [-0.15, -0.1) is 0 Å². The molecule has 1 aromatic heterocycles. The average molecular weight is 316 g/mol. The van der Waals surface area contributed by atoms with Crippen molar-refractivity contribution in [3.05, 3.63) is 63.1 Å². The first-order chi connectivity index (χ1) is 8.08. The summed E-state index contributed by atoms with van der Waals surface area (Å²) in [6.07, 6.45) is 1.49. The van der Waals surface area contributed by atoms with Crippen molar-refractivity contribution in [2.75, 3.05) is 0 Å². The van der Waals surface area contributed by atoms with Crippen molar-refractivity contribution < 1.29 is 4.39 Å². The van der Waals surface area contributed by atoms with E-state index in [0.29, 0.717) is 16.3 Å². The zero-order valence-electron chi connectivity index (χ0n) is 8.70. The highest BCUT2D eigenvalue weighted by molar-refractivity contribution is 9.10. The Balaban J connectivity index is 2.39. The summed E-state index contributed by atoms with van der Waals surface area (Å²) in [4.78, 5) is 4.09. The third-order valence-electron chi connectivity index (χ3n) is 2.36. The molecule has 2 aromatic rings. The van der Waals surface area contributed by atoms with Crippen LogP contribution in [0, 0.1) is 5.82 Å². The van der Waals surface area contributed by atoms with Crippen LogP contribution in [0.1, 0.15) is 17.3 Å². The van der Waals surface area contributed by atoms with E-state index in [1.54, 1.807) is 24.3 Å². The molecule has 2 N–H and O–H groups in total. The summed E-state index contributed by atoms with van der Waals surface area (Å²) in [7, 11) is 0. The Hall–Kier alpha value is -0.970. The normalized spacial score (nSPS) is 12.5. The van der Waals surface area contributed by atoms with Gasteiger partial charge >= 0.3 is 0 Å². The topological polar surface area (TPSA) is 38.9 Å². The largest absolute Gasteiger partial charge is 0.319 e. The Kier molecular flexibility index (Phi) is 3.76. The van der Waals surface area contributed by atoms with Crippen molar-refractivity contribution in [2.45, 2.75) is 6.04 Å². The summed E-state index contributed by atoms with van der Waals surface area (Å²) < 4.78 is 14.4. The number of rotatable bonds is 2. The fraction of sp³-hybridized carbons (Fsp3) is 0.0833. The van der Waals surface area contributed by atoms with E-state index in [2.05, 4.69) is 20.9 Å². The zero-order valence-corrected chi connectivity index (χ0v) is 11.0. The van der Waals surface area contributed by atoms with Crippen LogP contribution in [0.2, 0.25) is 5.02 Å². The molecule has 5 heteroatoms. The van der Waals surface area contributed by atoms with E-state index in [9.17, 15) is 4.39 Å². The first kappa shape index (κ1) is 12.5. The van der Waals surface area contributed by atoms with E-state index in [-0.39, 0.29) is 5.82 Å². The van der Waals surface area contributed by atoms with E-state index >= 15 is 0 Å². The van der Waals surface area contributed by atoms with Gasteiger partial charge in [-0.05, 0) is 30.3 Å². The Bertz CT molecular complexity index is 531. The Morgan fingerprint density at radius 2 is 2.06 bits per heavy atom. The van der Waals surface area contributed by atoms with Crippen LogP contribution in [0.15, 0.2) is 41.0 Å². The molecular formula is C12H9BrClFN2. The van der Waals surface area contributed by atoms with E-state index in [1.807, 2.05) is 0 Å². The second kappa shape index (κ2) is 5.12. The predicted molar refractivity (Wildman–Crippen MR) is 69.4 cm³/mol. The molecule has 0 aliphatic rings. The summed E-state index contributed by atoms with van der Waals surface area (Å²) >= 11 is 9.02. The van der Waals surface area contributed by atoms with Gasteiger partial charge in [-0.1, -0.05) is 27.5 Å². The van der Waals surface area contributed by atoms with Crippen LogP contribution in [-0.2, 0) is 0 Å². The quantitative estimate of drug-likeness (QED) is 0.918. The number of nitrogens with zero attached hydrogens (tertiary/aromatic N) is 1. The summed E-state index contributed by atoms with van der Waals surface area (Å²) in [5.74, 6) is -0.350. The predicted octanol–water partition coefficient (Wildman–Crippen LogP) is 3.68. The SMILES string of the molecule is NC(c1ccc(Cl)cn1)c1cc(Br)ccc1F. The first-order valence-corrected chi connectivity index (χ1v) is 6.07. The Morgan fingerprint density at radius 1 is 1.29 bits per heavy atom. The molecule has 0 amide bonds. The molecule has 1 aromatic carbocycles. The van der Waals surface area contributed by atoms with E-state index in [4.69, 9.17) is 17.3 Å². The van der Waals surface area contributed by atoms with Crippen molar-refractivity contribution >= 4 is 27.5 Å². The number of hydrogen-bond acceptors (Lipinski definition) is 2. The lowest BCUT2D eigenvalue weighted by molar-refractivity contribution is 0.597. The van der Waals surface area contributed by atoms with E-state index in [1.165, 1.54) is 12.3 Å². The number of benzene rings is 1. The molecule has 0 aliphatic heterocycles. The van der Waals surface area contributed by atoms with E-state index in [0.717, 1.165) is 4.47 Å². The first-order valence-electron chi connectivity index (χ1n) is 4.90. The Morgan fingerprint density at radius 3 is 2.71 bits per heavy atom. The van der Waals surface area contributed by atoms with Crippen molar-refractivity contribution in [2.24, 2.45) is 5.73 Å². The number of halogens is 3. The van der Waals surface area contributed by atoms with Crippen molar-refractivity contribution in [3.8, 4) is 0 Å². The molecule has 0 saturated heterocycles. The van der Waals surface area contributed by atoms with E-state index < -0.39 is 6.04 Å². The second-order valence-electron chi connectivity index (χ2n) is 3.54. The summed E-state index contributed by atoms with van der Waals surface area (Å²) in [5.41, 5.74) is 6.94. The maximum Gasteiger partial charge on any atom is 0.128 e. The van der Waals surface area contributed by atoms with Gasteiger partial charge in [0.15, 0.2) is 0 Å². The molecule has 88 valence electrons. The fourth-order valence-electron chi connectivity index (χ4n) is 1.48. The van der Waals surface area contributed by atoms with Gasteiger partial charge in [0, 0.05) is 16.2 Å². The smallest absolute Gasteiger partial charge is 0.128 e. The molecule has 2 rings (SSSR count). The van der Waals surface area contributed by atoms with Crippen molar-refractivity contribution in [1.82, 2.24) is 4.98 Å². The van der Waals surface area contributed by atoms with Crippen LogP contribution in [0.25, 0.3) is 0 Å². The number of nitrogens with two attached hydrogens (primary N) is 1. The molecular weight excluding hydrogens is 307 g/mol. The lowest BCUT2D eigenvalue weighted by Crippen LogP contribution is -2.15. The van der Waals surface area contributed by atoms with Crippen LogP contribution in [0.3, 0.4) is 0 Å². The summed E-state index contributed by atoms with van der Waals surface area (Å²) in [6.45, 7) is 0. The highest BCUT2D eigenvalue weighted by Gasteiger charge is 2.15. The maximum absolute atomic E-state index is 13.6. The minimum Gasteiger partial charge on any atom is -0.319 e. The van der Waals surface area contributed by atoms with Crippen molar-refractivity contribution in [1.29, 1.82) is 0 Å². The average Bonchev–Trinajstić information content (AvgIpc) is 2.32. The number of aromatic nitrogens is 1. The standard InChI is InChI=1S/C12H9BrClFN2/c13-7-1-3-10(15)9(5-7)12(16)11-4-2-8(14)6-17-11/h1-6,12H,16H2. The number of pyridine rings is 1. The Labute approximate surface area is 112 Å². The lowest BCUT2D eigenvalue weighted by atomic mass is 10.0. The molecule has 0 fully saturated rings. The van der Waals surface area contributed by atoms with Gasteiger partial charge in [0.25, 0.3) is 0 Å². The third-order valence-corrected chi connectivity index (χ3v) is 3.08. The molecule has 0 radical (unpaired) electrons. The molecule has 2 nitrogen and oxygen atoms in total. The maximum atomic E-state index is 13.6. The molecule has 0 saturated carbocycles. The monoisotopic (exact) mass is 314 g/mol. The highest BCUT2D eigenvalue weighted by Crippen LogP contribution is 2.24. The third kappa shape index (κ3) is 2.83. The van der Waals surface area contributed by atoms with Crippen molar-refractivity contribution in [3.63, 3.8) is 0 Å². The van der Waals surface area contributed by atoms with Gasteiger partial charge in [0.05, 0.1) is 16.8 Å². The molecule has 0 spiro atoms. The molecule has 1 atom stereocenters. The fourth-order valence-corrected chi connectivity index (χ4v) is 1.97. The highest BCUT2D eigenvalue weighted by atomic mass is 79.9. The summed E-state index contributed by atoms with van der Waals surface area (Å²) in [5, 5.41) is 0.524.